The van der Waals surface area contributed by atoms with E-state index in [1.165, 1.54) is 11.3 Å². The van der Waals surface area contributed by atoms with Crippen LogP contribution in [0.4, 0.5) is 0 Å². The average Bonchev–Trinajstić information content (AvgIpc) is 3.45. The summed E-state index contributed by atoms with van der Waals surface area (Å²) in [5.74, 6) is 0.607. The monoisotopic (exact) mass is 552 g/mol. The third kappa shape index (κ3) is 4.82. The van der Waals surface area contributed by atoms with Crippen LogP contribution in [0, 0.1) is 6.92 Å². The van der Waals surface area contributed by atoms with Gasteiger partial charge >= 0.3 is 5.97 Å². The lowest BCUT2D eigenvalue weighted by atomic mass is 9.95. The minimum atomic E-state index is -0.651. The van der Waals surface area contributed by atoms with Crippen LogP contribution in [-0.2, 0) is 9.53 Å². The van der Waals surface area contributed by atoms with Crippen molar-refractivity contribution in [1.82, 2.24) is 4.57 Å². The number of thiazole rings is 1. The molecule has 5 rings (SSSR count). The normalized spacial score (nSPS) is 15.5. The van der Waals surface area contributed by atoms with E-state index in [1.807, 2.05) is 37.3 Å². The van der Waals surface area contributed by atoms with Crippen LogP contribution in [0.5, 0.6) is 0 Å². The van der Waals surface area contributed by atoms with Gasteiger partial charge in [-0.15, -0.1) is 0 Å². The van der Waals surface area contributed by atoms with Crippen LogP contribution in [0.1, 0.15) is 36.8 Å². The van der Waals surface area contributed by atoms with Gasteiger partial charge in [-0.1, -0.05) is 64.4 Å². The Kier molecular flexibility index (Phi) is 6.94. The van der Waals surface area contributed by atoms with Crippen molar-refractivity contribution >= 4 is 46.6 Å². The number of nitrogens with zero attached hydrogens (tertiary/aromatic N) is 2. The average molecular weight is 553 g/mol. The Morgan fingerprint density at radius 2 is 1.86 bits per heavy atom. The highest BCUT2D eigenvalue weighted by Crippen LogP contribution is 2.31. The molecule has 0 N–H and O–H groups in total. The Labute approximate surface area is 226 Å². The zero-order valence-electron chi connectivity index (χ0n) is 20.2. The summed E-state index contributed by atoms with van der Waals surface area (Å²) in [6.45, 7) is 5.72. The van der Waals surface area contributed by atoms with Gasteiger partial charge in [0.15, 0.2) is 4.80 Å². The van der Waals surface area contributed by atoms with Gasteiger partial charge in [-0.3, -0.25) is 9.36 Å². The second kappa shape index (κ2) is 10.2. The molecule has 0 radical (unpaired) electrons. The molecule has 188 valence electrons. The number of aryl methyl sites for hydroxylation is 1. The number of aromatic nitrogens is 1. The van der Waals surface area contributed by atoms with E-state index in [-0.39, 0.29) is 12.2 Å². The molecule has 0 spiro atoms. The van der Waals surface area contributed by atoms with E-state index in [1.54, 1.807) is 48.8 Å². The number of hydrogen-bond acceptors (Lipinski definition) is 6. The van der Waals surface area contributed by atoms with Crippen molar-refractivity contribution in [3.63, 3.8) is 0 Å². The first-order valence-electron chi connectivity index (χ1n) is 11.6. The van der Waals surface area contributed by atoms with Crippen LogP contribution in [0.3, 0.4) is 0 Å². The van der Waals surface area contributed by atoms with E-state index in [0.717, 1.165) is 16.7 Å². The first-order chi connectivity index (χ1) is 17.8. The van der Waals surface area contributed by atoms with Gasteiger partial charge in [0.05, 0.1) is 38.5 Å². The molecule has 0 saturated heterocycles. The number of carbonyl (C=O) groups is 1. The molecule has 4 aromatic rings. The molecule has 0 saturated carbocycles. The molecule has 1 unspecified atom stereocenters. The summed E-state index contributed by atoms with van der Waals surface area (Å²) in [6, 6.07) is 15.9. The molecule has 6 nitrogen and oxygen atoms in total. The molecular weight excluding hydrogens is 531 g/mol. The molecular formula is C28H22Cl2N2O4S. The van der Waals surface area contributed by atoms with Gasteiger partial charge in [-0.05, 0) is 56.7 Å². The number of carbonyl (C=O) groups excluding carboxylic acids is 1. The maximum absolute atomic E-state index is 13.7. The largest absolute Gasteiger partial charge is 0.463 e. The second-order valence-corrected chi connectivity index (χ2v) is 10.4. The highest BCUT2D eigenvalue weighted by molar-refractivity contribution is 7.07. The molecule has 2 aromatic heterocycles. The van der Waals surface area contributed by atoms with E-state index in [0.29, 0.717) is 42.2 Å². The molecule has 9 heteroatoms. The highest BCUT2D eigenvalue weighted by atomic mass is 35.5. The Morgan fingerprint density at radius 3 is 2.57 bits per heavy atom. The Hall–Kier alpha value is -3.39. The molecule has 0 fully saturated rings. The number of esters is 1. The van der Waals surface area contributed by atoms with Crippen LogP contribution in [0.25, 0.3) is 17.4 Å². The predicted octanol–water partition coefficient (Wildman–Crippen LogP) is 5.67. The zero-order chi connectivity index (χ0) is 26.3. The van der Waals surface area contributed by atoms with Crippen molar-refractivity contribution in [3.8, 4) is 11.3 Å². The smallest absolute Gasteiger partial charge is 0.338 e. The van der Waals surface area contributed by atoms with Crippen LogP contribution >= 0.6 is 34.5 Å². The van der Waals surface area contributed by atoms with E-state index in [2.05, 4.69) is 4.99 Å². The Morgan fingerprint density at radius 1 is 1.11 bits per heavy atom. The quantitative estimate of drug-likeness (QED) is 0.299. The topological polar surface area (TPSA) is 73.8 Å². The Balaban J connectivity index is 1.62. The minimum Gasteiger partial charge on any atom is -0.463 e. The van der Waals surface area contributed by atoms with Gasteiger partial charge in [0.1, 0.15) is 11.5 Å². The van der Waals surface area contributed by atoms with Crippen molar-refractivity contribution in [2.45, 2.75) is 26.8 Å². The van der Waals surface area contributed by atoms with Crippen LogP contribution in [0.15, 0.2) is 80.1 Å². The number of hydrogen-bond donors (Lipinski definition) is 0. The number of ether oxygens (including phenoxy) is 1. The van der Waals surface area contributed by atoms with Gasteiger partial charge in [-0.2, -0.15) is 0 Å². The minimum absolute atomic E-state index is 0.223. The van der Waals surface area contributed by atoms with E-state index < -0.39 is 12.0 Å². The Bertz CT molecular complexity index is 1730. The first kappa shape index (κ1) is 25.3. The van der Waals surface area contributed by atoms with Crippen molar-refractivity contribution in [1.29, 1.82) is 0 Å². The van der Waals surface area contributed by atoms with Gasteiger partial charge < -0.3 is 9.15 Å². The highest BCUT2D eigenvalue weighted by Gasteiger charge is 2.33. The van der Waals surface area contributed by atoms with Gasteiger partial charge in [-0.25, -0.2) is 9.79 Å². The number of furan rings is 1. The third-order valence-electron chi connectivity index (χ3n) is 6.01. The molecule has 0 bridgehead atoms. The number of halogens is 2. The van der Waals surface area contributed by atoms with Crippen molar-refractivity contribution in [3.05, 3.63) is 112 Å². The maximum Gasteiger partial charge on any atom is 0.338 e. The second-order valence-electron chi connectivity index (χ2n) is 8.54. The van der Waals surface area contributed by atoms with Crippen LogP contribution in [-0.4, -0.2) is 17.1 Å². The fraction of sp³-hybridized carbons (Fsp3) is 0.179. The van der Waals surface area contributed by atoms with E-state index >= 15 is 0 Å². The van der Waals surface area contributed by atoms with Gasteiger partial charge in [0, 0.05) is 11.6 Å². The molecule has 1 atom stereocenters. The van der Waals surface area contributed by atoms with Crippen molar-refractivity contribution in [2.75, 3.05) is 6.61 Å². The van der Waals surface area contributed by atoms with Crippen molar-refractivity contribution in [2.24, 2.45) is 4.99 Å². The van der Waals surface area contributed by atoms with Crippen LogP contribution < -0.4 is 14.9 Å². The third-order valence-corrected chi connectivity index (χ3v) is 7.74. The number of allylic oxidation sites excluding steroid dienone is 1. The summed E-state index contributed by atoms with van der Waals surface area (Å²) >= 11 is 13.4. The summed E-state index contributed by atoms with van der Waals surface area (Å²) in [7, 11) is 0. The molecule has 0 amide bonds. The fourth-order valence-electron chi connectivity index (χ4n) is 4.22. The van der Waals surface area contributed by atoms with Crippen LogP contribution in [0.2, 0.25) is 10.0 Å². The van der Waals surface area contributed by atoms with E-state index in [4.69, 9.17) is 32.4 Å². The first-order valence-corrected chi connectivity index (χ1v) is 13.2. The molecule has 0 aliphatic carbocycles. The number of rotatable bonds is 5. The maximum atomic E-state index is 13.7. The van der Waals surface area contributed by atoms with Crippen molar-refractivity contribution < 1.29 is 13.9 Å². The summed E-state index contributed by atoms with van der Waals surface area (Å²) in [5, 5.41) is 0.883. The van der Waals surface area contributed by atoms with Gasteiger partial charge in [0.2, 0.25) is 0 Å². The number of fused-ring (bicyclic) bond motifs is 1. The lowest BCUT2D eigenvalue weighted by Gasteiger charge is -2.24. The summed E-state index contributed by atoms with van der Waals surface area (Å²) in [6.07, 6.45) is 1.68. The van der Waals surface area contributed by atoms with Gasteiger partial charge in [0.25, 0.3) is 5.56 Å². The molecule has 37 heavy (non-hydrogen) atoms. The summed E-state index contributed by atoms with van der Waals surface area (Å²) in [5.41, 5.74) is 3.25. The molecule has 1 aliphatic heterocycles. The van der Waals surface area contributed by atoms with E-state index in [9.17, 15) is 9.59 Å². The standard InChI is InChI=1S/C28H22Cl2N2O4S/c1-4-35-27(34)24-16(3)31-28-32(25(24)17-7-5-15(2)6-8-17)26(33)23(37-28)14-19-10-12-22(36-19)18-9-11-20(29)21(30)13-18/h5-14,25H,4H2,1-3H3/b23-14-. The fourth-order valence-corrected chi connectivity index (χ4v) is 5.54. The summed E-state index contributed by atoms with van der Waals surface area (Å²) in [4.78, 5) is 31.8. The molecule has 1 aliphatic rings. The SMILES string of the molecule is CCOC(=O)C1=C(C)N=c2s/c(=C\c3ccc(-c4ccc(Cl)c(Cl)c4)o3)c(=O)n2C1c1ccc(C)cc1. The molecule has 3 heterocycles. The zero-order valence-corrected chi connectivity index (χ0v) is 22.6. The number of benzene rings is 2. The summed E-state index contributed by atoms with van der Waals surface area (Å²) < 4.78 is 13.3. The lowest BCUT2D eigenvalue weighted by Crippen LogP contribution is -2.39. The lowest BCUT2D eigenvalue weighted by molar-refractivity contribution is -0.139. The molecule has 2 aromatic carbocycles. The predicted molar refractivity (Wildman–Crippen MR) is 146 cm³/mol.